The predicted molar refractivity (Wildman–Crippen MR) is 64.5 cm³/mol. The lowest BCUT2D eigenvalue weighted by Gasteiger charge is -2.36. The first-order valence-corrected chi connectivity index (χ1v) is 8.63. The molecule has 0 N–H and O–H groups in total. The smallest absolute Gasteiger partial charge is 0.396 e. The van der Waals surface area contributed by atoms with Crippen molar-refractivity contribution in [3.63, 3.8) is 0 Å². The summed E-state index contributed by atoms with van der Waals surface area (Å²) < 4.78 is 5.71. The summed E-state index contributed by atoms with van der Waals surface area (Å²) in [6.45, 7) is 12.4. The van der Waals surface area contributed by atoms with Gasteiger partial charge < -0.3 is 9.33 Å². The summed E-state index contributed by atoms with van der Waals surface area (Å²) in [5.74, 6) is 0. The summed E-state index contributed by atoms with van der Waals surface area (Å²) in [4.78, 5) is 13.7. The molecule has 0 aromatic heterocycles. The Morgan fingerprint density at radius 3 is 2.07 bits per heavy atom. The molecule has 4 heteroatoms. The van der Waals surface area contributed by atoms with E-state index < -0.39 is 8.32 Å². The summed E-state index contributed by atoms with van der Waals surface area (Å²) >= 11 is 0. The molecule has 1 aliphatic heterocycles. The van der Waals surface area contributed by atoms with Gasteiger partial charge in [-0.1, -0.05) is 20.8 Å². The van der Waals surface area contributed by atoms with Gasteiger partial charge >= 0.3 is 6.09 Å². The minimum absolute atomic E-state index is 0.0981. The van der Waals surface area contributed by atoms with Crippen molar-refractivity contribution in [1.82, 2.24) is 4.90 Å². The van der Waals surface area contributed by atoms with E-state index in [1.165, 1.54) is 0 Å². The van der Waals surface area contributed by atoms with Gasteiger partial charge in [0.1, 0.15) is 0 Å². The van der Waals surface area contributed by atoms with Crippen molar-refractivity contribution in [2.45, 2.75) is 51.7 Å². The van der Waals surface area contributed by atoms with E-state index >= 15 is 0 Å². The SMILES string of the molecule is CC(C)(C)[Si](C)(C)OC(=O)N1CCCC1. The Morgan fingerprint density at radius 2 is 1.67 bits per heavy atom. The van der Waals surface area contributed by atoms with E-state index in [9.17, 15) is 4.79 Å². The lowest BCUT2D eigenvalue weighted by molar-refractivity contribution is 0.157. The highest BCUT2D eigenvalue weighted by atomic mass is 28.4. The molecule has 1 amide bonds. The number of hydrogen-bond donors (Lipinski definition) is 0. The van der Waals surface area contributed by atoms with E-state index in [1.54, 1.807) is 0 Å². The second kappa shape index (κ2) is 4.16. The first-order chi connectivity index (χ1) is 6.74. The normalized spacial score (nSPS) is 18.1. The Bertz CT molecular complexity index is 239. The fourth-order valence-corrected chi connectivity index (χ4v) is 2.21. The third kappa shape index (κ3) is 2.97. The van der Waals surface area contributed by atoms with Crippen LogP contribution in [-0.2, 0) is 4.43 Å². The minimum atomic E-state index is -1.93. The van der Waals surface area contributed by atoms with E-state index in [0.29, 0.717) is 0 Å². The Kier molecular flexibility index (Phi) is 3.48. The van der Waals surface area contributed by atoms with Crippen molar-refractivity contribution in [1.29, 1.82) is 0 Å². The number of rotatable bonds is 1. The zero-order valence-corrected chi connectivity index (χ0v) is 11.6. The molecule has 0 unspecified atom stereocenters. The molecular formula is C11H23NO2Si. The molecule has 1 fully saturated rings. The second-order valence-electron chi connectivity index (χ2n) is 5.82. The molecule has 0 spiro atoms. The van der Waals surface area contributed by atoms with Crippen LogP contribution in [0.5, 0.6) is 0 Å². The third-order valence-electron chi connectivity index (χ3n) is 3.51. The predicted octanol–water partition coefficient (Wildman–Crippen LogP) is 3.22. The van der Waals surface area contributed by atoms with Crippen molar-refractivity contribution in [3.05, 3.63) is 0 Å². The number of amides is 1. The molecule has 1 aliphatic rings. The largest absolute Gasteiger partial charge is 0.503 e. The molecule has 0 saturated carbocycles. The topological polar surface area (TPSA) is 29.5 Å². The third-order valence-corrected chi connectivity index (χ3v) is 7.81. The van der Waals surface area contributed by atoms with Gasteiger partial charge in [0.15, 0.2) is 0 Å². The minimum Gasteiger partial charge on any atom is -0.503 e. The van der Waals surface area contributed by atoms with Crippen LogP contribution in [0.4, 0.5) is 4.79 Å². The van der Waals surface area contributed by atoms with Gasteiger partial charge in [0, 0.05) is 13.1 Å². The molecule has 1 rings (SSSR count). The Morgan fingerprint density at radius 1 is 1.20 bits per heavy atom. The lowest BCUT2D eigenvalue weighted by Crippen LogP contribution is -2.46. The van der Waals surface area contributed by atoms with Crippen LogP contribution in [0.1, 0.15) is 33.6 Å². The first-order valence-electron chi connectivity index (χ1n) is 5.72. The fraction of sp³-hybridized carbons (Fsp3) is 0.909. The highest BCUT2D eigenvalue weighted by Gasteiger charge is 2.41. The Balaban J connectivity index is 2.57. The standard InChI is InChI=1S/C11H23NO2Si/c1-11(2,3)15(4,5)14-10(13)12-8-6-7-9-12/h6-9H2,1-5H3. The summed E-state index contributed by atoms with van der Waals surface area (Å²) in [7, 11) is -1.93. The van der Waals surface area contributed by atoms with Crippen molar-refractivity contribution < 1.29 is 9.22 Å². The molecule has 88 valence electrons. The van der Waals surface area contributed by atoms with Crippen molar-refractivity contribution in [2.24, 2.45) is 0 Å². The van der Waals surface area contributed by atoms with Crippen LogP contribution in [0.2, 0.25) is 18.1 Å². The van der Waals surface area contributed by atoms with Crippen LogP contribution < -0.4 is 0 Å². The summed E-state index contributed by atoms with van der Waals surface area (Å²) in [5, 5.41) is 0.0996. The molecule has 1 saturated heterocycles. The van der Waals surface area contributed by atoms with Gasteiger partial charge in [-0.25, -0.2) is 4.79 Å². The summed E-state index contributed by atoms with van der Waals surface area (Å²) in [6, 6.07) is 0. The number of carbonyl (C=O) groups is 1. The number of likely N-dealkylation sites (tertiary alicyclic amines) is 1. The first kappa shape index (κ1) is 12.6. The average molecular weight is 229 g/mol. The zero-order valence-electron chi connectivity index (χ0n) is 10.6. The van der Waals surface area contributed by atoms with Gasteiger partial charge in [-0.05, 0) is 31.0 Å². The summed E-state index contributed by atoms with van der Waals surface area (Å²) in [5.41, 5.74) is 0. The maximum absolute atomic E-state index is 11.8. The second-order valence-corrected chi connectivity index (χ2v) is 10.5. The molecule has 0 aromatic rings. The van der Waals surface area contributed by atoms with Crippen LogP contribution in [-0.4, -0.2) is 32.4 Å². The van der Waals surface area contributed by atoms with Crippen molar-refractivity contribution in [2.75, 3.05) is 13.1 Å². The van der Waals surface area contributed by atoms with Crippen molar-refractivity contribution in [3.8, 4) is 0 Å². The summed E-state index contributed by atoms with van der Waals surface area (Å²) in [6.07, 6.45) is 2.14. The zero-order chi connectivity index (χ0) is 11.7. The molecule has 0 bridgehead atoms. The van der Waals surface area contributed by atoms with Gasteiger partial charge in [0.2, 0.25) is 0 Å². The molecule has 3 nitrogen and oxygen atoms in total. The number of hydrogen-bond acceptors (Lipinski definition) is 2. The molecule has 15 heavy (non-hydrogen) atoms. The highest BCUT2D eigenvalue weighted by Crippen LogP contribution is 2.37. The monoisotopic (exact) mass is 229 g/mol. The Labute approximate surface area is 93.9 Å². The molecule has 0 aliphatic carbocycles. The van der Waals surface area contributed by atoms with E-state index in [-0.39, 0.29) is 11.1 Å². The maximum atomic E-state index is 11.8. The van der Waals surface area contributed by atoms with Crippen LogP contribution in [0, 0.1) is 0 Å². The van der Waals surface area contributed by atoms with E-state index in [1.807, 2.05) is 4.90 Å². The van der Waals surface area contributed by atoms with E-state index in [2.05, 4.69) is 33.9 Å². The van der Waals surface area contributed by atoms with Gasteiger partial charge in [0.25, 0.3) is 8.32 Å². The molecular weight excluding hydrogens is 206 g/mol. The van der Waals surface area contributed by atoms with Crippen LogP contribution >= 0.6 is 0 Å². The van der Waals surface area contributed by atoms with Crippen LogP contribution in [0.3, 0.4) is 0 Å². The Hall–Kier alpha value is -0.513. The molecule has 0 aromatic carbocycles. The van der Waals surface area contributed by atoms with Gasteiger partial charge in [-0.2, -0.15) is 0 Å². The quantitative estimate of drug-likeness (QED) is 0.646. The van der Waals surface area contributed by atoms with E-state index in [0.717, 1.165) is 25.9 Å². The number of nitrogens with zero attached hydrogens (tertiary/aromatic N) is 1. The number of carbonyl (C=O) groups excluding carboxylic acids is 1. The average Bonchev–Trinajstić information content (AvgIpc) is 2.51. The van der Waals surface area contributed by atoms with Crippen LogP contribution in [0.25, 0.3) is 0 Å². The molecule has 0 radical (unpaired) electrons. The molecule has 1 heterocycles. The lowest BCUT2D eigenvalue weighted by atomic mass is 10.2. The fourth-order valence-electron chi connectivity index (χ4n) is 1.34. The van der Waals surface area contributed by atoms with Gasteiger partial charge in [0.05, 0.1) is 0 Å². The molecule has 0 atom stereocenters. The highest BCUT2D eigenvalue weighted by molar-refractivity contribution is 6.75. The van der Waals surface area contributed by atoms with Gasteiger partial charge in [-0.15, -0.1) is 0 Å². The van der Waals surface area contributed by atoms with Crippen molar-refractivity contribution >= 4 is 14.4 Å². The van der Waals surface area contributed by atoms with Gasteiger partial charge in [-0.3, -0.25) is 0 Å². The van der Waals surface area contributed by atoms with E-state index in [4.69, 9.17) is 4.43 Å². The maximum Gasteiger partial charge on any atom is 0.396 e. The van der Waals surface area contributed by atoms with Crippen LogP contribution in [0.15, 0.2) is 0 Å².